The number of rotatable bonds is 8. The van der Waals surface area contributed by atoms with Crippen molar-refractivity contribution in [3.63, 3.8) is 0 Å². The minimum Gasteiger partial charge on any atom is -0.382 e. The van der Waals surface area contributed by atoms with Crippen LogP contribution < -0.4 is 5.32 Å². The molecule has 0 saturated heterocycles. The summed E-state index contributed by atoms with van der Waals surface area (Å²) in [7, 11) is 1.76. The summed E-state index contributed by atoms with van der Waals surface area (Å²) in [5.74, 6) is 0. The van der Waals surface area contributed by atoms with E-state index in [0.717, 1.165) is 25.9 Å². The largest absolute Gasteiger partial charge is 0.382 e. The maximum absolute atomic E-state index is 5.36. The molecule has 0 saturated carbocycles. The second kappa shape index (κ2) is 7.45. The van der Waals surface area contributed by atoms with E-state index in [0.29, 0.717) is 6.04 Å². The Labute approximate surface area is 104 Å². The molecule has 98 valence electrons. The van der Waals surface area contributed by atoms with Gasteiger partial charge in [-0.2, -0.15) is 5.10 Å². The van der Waals surface area contributed by atoms with E-state index in [2.05, 4.69) is 41.9 Å². The Kier molecular flexibility index (Phi) is 6.22. The van der Waals surface area contributed by atoms with Crippen LogP contribution in [0.3, 0.4) is 0 Å². The lowest BCUT2D eigenvalue weighted by Crippen LogP contribution is -2.27. The van der Waals surface area contributed by atoms with Crippen molar-refractivity contribution in [1.29, 1.82) is 0 Å². The van der Waals surface area contributed by atoms with Gasteiger partial charge in [0, 0.05) is 19.9 Å². The third kappa shape index (κ3) is 4.13. The molecule has 0 fully saturated rings. The summed E-state index contributed by atoms with van der Waals surface area (Å²) in [5, 5.41) is 7.89. The second-order valence-corrected chi connectivity index (χ2v) is 4.37. The molecule has 1 N–H and O–H groups in total. The molecule has 17 heavy (non-hydrogen) atoms. The monoisotopic (exact) mass is 239 g/mol. The van der Waals surface area contributed by atoms with E-state index in [1.165, 1.54) is 5.69 Å². The van der Waals surface area contributed by atoms with Gasteiger partial charge in [0.1, 0.15) is 0 Å². The van der Waals surface area contributed by atoms with E-state index in [9.17, 15) is 0 Å². The number of nitrogens with one attached hydrogen (secondary N) is 1. The molecular weight excluding hydrogens is 214 g/mol. The van der Waals surface area contributed by atoms with Crippen LogP contribution in [0, 0.1) is 0 Å². The van der Waals surface area contributed by atoms with E-state index >= 15 is 0 Å². The van der Waals surface area contributed by atoms with Gasteiger partial charge in [-0.1, -0.05) is 13.8 Å². The molecule has 0 aliphatic rings. The Hall–Kier alpha value is -0.870. The third-order valence-electron chi connectivity index (χ3n) is 2.96. The Balaban J connectivity index is 2.77. The lowest BCUT2D eigenvalue weighted by Gasteiger charge is -2.22. The summed E-state index contributed by atoms with van der Waals surface area (Å²) in [5.41, 5.74) is 1.26. The molecule has 2 atom stereocenters. The highest BCUT2D eigenvalue weighted by Crippen LogP contribution is 2.19. The van der Waals surface area contributed by atoms with Crippen molar-refractivity contribution in [2.45, 2.75) is 52.3 Å². The highest BCUT2D eigenvalue weighted by Gasteiger charge is 2.17. The average Bonchev–Trinajstić information content (AvgIpc) is 2.77. The smallest absolute Gasteiger partial charge is 0.0561 e. The standard InChI is InChI=1S/C13H25N3O/c1-5-9-16-13(7-8-15-16)12(14-6-2)10-11(3)17-4/h7-8,11-12,14H,5-6,9-10H2,1-4H3. The van der Waals surface area contributed by atoms with Crippen molar-refractivity contribution in [1.82, 2.24) is 15.1 Å². The van der Waals surface area contributed by atoms with Crippen molar-refractivity contribution in [3.05, 3.63) is 18.0 Å². The Bertz CT molecular complexity index is 311. The fraction of sp³-hybridized carbons (Fsp3) is 0.769. The van der Waals surface area contributed by atoms with Gasteiger partial charge in [0.05, 0.1) is 17.8 Å². The predicted molar refractivity (Wildman–Crippen MR) is 70.0 cm³/mol. The first-order valence-electron chi connectivity index (χ1n) is 6.50. The number of aromatic nitrogens is 2. The molecule has 2 unspecified atom stereocenters. The van der Waals surface area contributed by atoms with Crippen molar-refractivity contribution < 1.29 is 4.74 Å². The van der Waals surface area contributed by atoms with E-state index in [1.54, 1.807) is 7.11 Å². The van der Waals surface area contributed by atoms with E-state index in [1.807, 2.05) is 6.20 Å². The fourth-order valence-corrected chi connectivity index (χ4v) is 2.02. The van der Waals surface area contributed by atoms with Gasteiger partial charge in [-0.15, -0.1) is 0 Å². The lowest BCUT2D eigenvalue weighted by atomic mass is 10.1. The fourth-order valence-electron chi connectivity index (χ4n) is 2.02. The maximum Gasteiger partial charge on any atom is 0.0561 e. The molecule has 1 heterocycles. The quantitative estimate of drug-likeness (QED) is 0.757. The van der Waals surface area contributed by atoms with Crippen LogP contribution in [0.25, 0.3) is 0 Å². The van der Waals surface area contributed by atoms with Gasteiger partial charge in [0.25, 0.3) is 0 Å². The number of nitrogens with zero attached hydrogens (tertiary/aromatic N) is 2. The van der Waals surface area contributed by atoms with Crippen LogP contribution in [0.15, 0.2) is 12.3 Å². The Morgan fingerprint density at radius 3 is 2.82 bits per heavy atom. The van der Waals surface area contributed by atoms with Gasteiger partial charge in [-0.05, 0) is 32.4 Å². The number of hydrogen-bond acceptors (Lipinski definition) is 3. The van der Waals surface area contributed by atoms with Gasteiger partial charge >= 0.3 is 0 Å². The van der Waals surface area contributed by atoms with Gasteiger partial charge < -0.3 is 10.1 Å². The average molecular weight is 239 g/mol. The summed E-state index contributed by atoms with van der Waals surface area (Å²) in [6.45, 7) is 8.34. The molecule has 0 bridgehead atoms. The minimum atomic E-state index is 0.254. The van der Waals surface area contributed by atoms with Gasteiger partial charge in [0.15, 0.2) is 0 Å². The number of ether oxygens (including phenoxy) is 1. The zero-order chi connectivity index (χ0) is 12.7. The van der Waals surface area contributed by atoms with Gasteiger partial charge in [-0.3, -0.25) is 4.68 Å². The molecular formula is C13H25N3O. The van der Waals surface area contributed by atoms with Crippen molar-refractivity contribution in [2.75, 3.05) is 13.7 Å². The van der Waals surface area contributed by atoms with Crippen molar-refractivity contribution in [2.24, 2.45) is 0 Å². The first kappa shape index (κ1) is 14.2. The van der Waals surface area contributed by atoms with Gasteiger partial charge in [0.2, 0.25) is 0 Å². The molecule has 1 aromatic rings. The Morgan fingerprint density at radius 1 is 1.47 bits per heavy atom. The van der Waals surface area contributed by atoms with Crippen LogP contribution in [0.2, 0.25) is 0 Å². The minimum absolute atomic E-state index is 0.254. The molecule has 1 aromatic heterocycles. The van der Waals surface area contributed by atoms with Crippen molar-refractivity contribution >= 4 is 0 Å². The summed E-state index contributed by atoms with van der Waals surface area (Å²) >= 11 is 0. The first-order valence-corrected chi connectivity index (χ1v) is 6.50. The molecule has 0 spiro atoms. The highest BCUT2D eigenvalue weighted by molar-refractivity contribution is 5.07. The molecule has 0 aliphatic carbocycles. The molecule has 1 rings (SSSR count). The molecule has 0 aromatic carbocycles. The van der Waals surface area contributed by atoms with Crippen LogP contribution in [-0.2, 0) is 11.3 Å². The summed E-state index contributed by atoms with van der Waals surface area (Å²) < 4.78 is 7.45. The molecule has 0 aliphatic heterocycles. The molecule has 4 nitrogen and oxygen atoms in total. The maximum atomic E-state index is 5.36. The number of methoxy groups -OCH3 is 1. The van der Waals surface area contributed by atoms with Crippen LogP contribution in [0.4, 0.5) is 0 Å². The predicted octanol–water partition coefficient (Wildman–Crippen LogP) is 2.37. The lowest BCUT2D eigenvalue weighted by molar-refractivity contribution is 0.0995. The van der Waals surface area contributed by atoms with Crippen LogP contribution >= 0.6 is 0 Å². The zero-order valence-electron chi connectivity index (χ0n) is 11.4. The van der Waals surface area contributed by atoms with Crippen molar-refractivity contribution in [3.8, 4) is 0 Å². The highest BCUT2D eigenvalue weighted by atomic mass is 16.5. The molecule has 0 amide bonds. The first-order chi connectivity index (χ1) is 8.22. The second-order valence-electron chi connectivity index (χ2n) is 4.37. The van der Waals surface area contributed by atoms with E-state index in [-0.39, 0.29) is 6.10 Å². The SMILES string of the molecule is CCCn1nccc1C(CC(C)OC)NCC. The normalized spacial score (nSPS) is 14.8. The third-order valence-corrected chi connectivity index (χ3v) is 2.96. The number of hydrogen-bond donors (Lipinski definition) is 1. The molecule has 0 radical (unpaired) electrons. The summed E-state index contributed by atoms with van der Waals surface area (Å²) in [6, 6.07) is 2.43. The molecule has 4 heteroatoms. The topological polar surface area (TPSA) is 39.1 Å². The van der Waals surface area contributed by atoms with Gasteiger partial charge in [-0.25, -0.2) is 0 Å². The van der Waals surface area contributed by atoms with Crippen LogP contribution in [0.1, 0.15) is 45.3 Å². The van der Waals surface area contributed by atoms with Crippen LogP contribution in [-0.4, -0.2) is 29.5 Å². The van der Waals surface area contributed by atoms with E-state index in [4.69, 9.17) is 4.74 Å². The summed E-state index contributed by atoms with van der Waals surface area (Å²) in [4.78, 5) is 0. The summed E-state index contributed by atoms with van der Waals surface area (Å²) in [6.07, 6.45) is 4.21. The Morgan fingerprint density at radius 2 is 2.24 bits per heavy atom. The van der Waals surface area contributed by atoms with E-state index < -0.39 is 0 Å². The van der Waals surface area contributed by atoms with Crippen LogP contribution in [0.5, 0.6) is 0 Å². The zero-order valence-corrected chi connectivity index (χ0v) is 11.4. The number of aryl methyl sites for hydroxylation is 1.